The van der Waals surface area contributed by atoms with Gasteiger partial charge in [0.2, 0.25) is 9.84 Å². The number of ether oxygens (including phenoxy) is 2. The van der Waals surface area contributed by atoms with E-state index in [1.54, 1.807) is 31.2 Å². The molecule has 0 spiro atoms. The zero-order chi connectivity index (χ0) is 19.6. The van der Waals surface area contributed by atoms with E-state index in [9.17, 15) is 13.2 Å². The maximum atomic E-state index is 12.3. The Kier molecular flexibility index (Phi) is 5.00. The molecule has 2 aromatic carbocycles. The number of methoxy groups -OCH3 is 2. The summed E-state index contributed by atoms with van der Waals surface area (Å²) in [4.78, 5) is 17.5. The summed E-state index contributed by atoms with van der Waals surface area (Å²) in [6, 6.07) is 11.2. The lowest BCUT2D eigenvalue weighted by Gasteiger charge is -2.07. The molecule has 1 aliphatic rings. The lowest BCUT2D eigenvalue weighted by atomic mass is 10.0. The summed E-state index contributed by atoms with van der Waals surface area (Å²) in [5.74, 6) is 0.141. The van der Waals surface area contributed by atoms with Gasteiger partial charge in [-0.1, -0.05) is 23.4 Å². The molecule has 0 atom stereocenters. The van der Waals surface area contributed by atoms with Crippen LogP contribution in [-0.2, 0) is 14.7 Å². The van der Waals surface area contributed by atoms with Gasteiger partial charge in [-0.05, 0) is 25.1 Å². The molecule has 0 amide bonds. The number of sulfone groups is 1. The van der Waals surface area contributed by atoms with Gasteiger partial charge in [0, 0.05) is 22.6 Å². The zero-order valence-electron chi connectivity index (χ0n) is 14.9. The molecular formula is C19H17NO6S. The second-order valence-corrected chi connectivity index (χ2v) is 7.50. The SMILES string of the molecule is COc1cc(OC)cc(C(=O)O/N=C(\C)C2=CS(=O)(=O)c3ccccc32)c1. The molecule has 0 bridgehead atoms. The largest absolute Gasteiger partial charge is 0.497 e. The third-order valence-electron chi connectivity index (χ3n) is 4.00. The Balaban J connectivity index is 1.86. The van der Waals surface area contributed by atoms with E-state index in [4.69, 9.17) is 14.3 Å². The van der Waals surface area contributed by atoms with Crippen molar-refractivity contribution < 1.29 is 27.5 Å². The van der Waals surface area contributed by atoms with Crippen LogP contribution in [0.2, 0.25) is 0 Å². The fourth-order valence-electron chi connectivity index (χ4n) is 2.64. The minimum absolute atomic E-state index is 0.191. The van der Waals surface area contributed by atoms with Crippen LogP contribution >= 0.6 is 0 Å². The van der Waals surface area contributed by atoms with Crippen molar-refractivity contribution >= 4 is 27.1 Å². The van der Waals surface area contributed by atoms with E-state index in [0.29, 0.717) is 22.6 Å². The van der Waals surface area contributed by atoms with Crippen molar-refractivity contribution in [3.8, 4) is 11.5 Å². The number of carbonyl (C=O) groups is 1. The first-order chi connectivity index (χ1) is 12.9. The standard InChI is InChI=1S/C19H17NO6S/c1-12(17-11-27(22,23)18-7-5-4-6-16(17)18)20-26-19(21)13-8-14(24-2)10-15(9-13)25-3/h4-11H,1-3H3/b20-12+. The number of hydrogen-bond donors (Lipinski definition) is 0. The average Bonchev–Trinajstić information content (AvgIpc) is 2.96. The second kappa shape index (κ2) is 7.24. The van der Waals surface area contributed by atoms with Crippen LogP contribution in [0.3, 0.4) is 0 Å². The van der Waals surface area contributed by atoms with Crippen molar-refractivity contribution in [2.75, 3.05) is 14.2 Å². The summed E-state index contributed by atoms with van der Waals surface area (Å²) in [5, 5.41) is 4.93. The highest BCUT2D eigenvalue weighted by Crippen LogP contribution is 2.34. The van der Waals surface area contributed by atoms with Gasteiger partial charge in [0.1, 0.15) is 11.5 Å². The summed E-state index contributed by atoms with van der Waals surface area (Å²) in [6.45, 7) is 1.57. The quantitative estimate of drug-likeness (QED) is 0.445. The lowest BCUT2D eigenvalue weighted by Crippen LogP contribution is -2.05. The molecule has 0 aliphatic carbocycles. The lowest BCUT2D eigenvalue weighted by molar-refractivity contribution is 0.0516. The van der Waals surface area contributed by atoms with E-state index in [1.165, 1.54) is 32.4 Å². The van der Waals surface area contributed by atoms with Crippen LogP contribution < -0.4 is 9.47 Å². The molecule has 7 nitrogen and oxygen atoms in total. The van der Waals surface area contributed by atoms with Crippen LogP contribution in [0.25, 0.3) is 5.57 Å². The monoisotopic (exact) mass is 387 g/mol. The molecule has 0 N–H and O–H groups in total. The molecule has 0 radical (unpaired) electrons. The number of rotatable bonds is 5. The van der Waals surface area contributed by atoms with Gasteiger partial charge < -0.3 is 14.3 Å². The number of oxime groups is 1. The Labute approximate surface area is 156 Å². The van der Waals surface area contributed by atoms with E-state index in [-0.39, 0.29) is 16.2 Å². The average molecular weight is 387 g/mol. The molecule has 2 aromatic rings. The molecule has 140 valence electrons. The Bertz CT molecular complexity index is 1050. The molecule has 27 heavy (non-hydrogen) atoms. The molecule has 0 unspecified atom stereocenters. The number of hydrogen-bond acceptors (Lipinski definition) is 7. The number of carbonyl (C=O) groups excluding carboxylic acids is 1. The number of allylic oxidation sites excluding steroid dienone is 1. The third kappa shape index (κ3) is 3.70. The molecule has 1 heterocycles. The normalized spacial score (nSPS) is 14.9. The van der Waals surface area contributed by atoms with Gasteiger partial charge in [-0.15, -0.1) is 0 Å². The second-order valence-electron chi connectivity index (χ2n) is 5.73. The number of fused-ring (bicyclic) bond motifs is 1. The van der Waals surface area contributed by atoms with Gasteiger partial charge in [-0.25, -0.2) is 13.2 Å². The van der Waals surface area contributed by atoms with Gasteiger partial charge in [-0.2, -0.15) is 0 Å². The Morgan fingerprint density at radius 1 is 1.00 bits per heavy atom. The maximum Gasteiger partial charge on any atom is 0.366 e. The molecule has 3 rings (SSSR count). The van der Waals surface area contributed by atoms with Crippen LogP contribution in [0.1, 0.15) is 22.8 Å². The molecule has 8 heteroatoms. The molecule has 0 saturated heterocycles. The molecule has 0 fully saturated rings. The topological polar surface area (TPSA) is 91.3 Å². The summed E-state index contributed by atoms with van der Waals surface area (Å²) in [7, 11) is -0.587. The highest BCUT2D eigenvalue weighted by molar-refractivity contribution is 7.95. The molecule has 0 aromatic heterocycles. The van der Waals surface area contributed by atoms with Crippen molar-refractivity contribution in [1.29, 1.82) is 0 Å². The Morgan fingerprint density at radius 3 is 2.26 bits per heavy atom. The van der Waals surface area contributed by atoms with Crippen molar-refractivity contribution in [2.24, 2.45) is 5.16 Å². The van der Waals surface area contributed by atoms with Crippen LogP contribution in [-0.4, -0.2) is 34.3 Å². The van der Waals surface area contributed by atoms with E-state index >= 15 is 0 Å². The zero-order valence-corrected chi connectivity index (χ0v) is 15.7. The summed E-state index contributed by atoms with van der Waals surface area (Å²) >= 11 is 0. The van der Waals surface area contributed by atoms with Gasteiger partial charge in [0.15, 0.2) is 0 Å². The van der Waals surface area contributed by atoms with Crippen LogP contribution in [0.15, 0.2) is 57.9 Å². The van der Waals surface area contributed by atoms with Crippen molar-refractivity contribution in [2.45, 2.75) is 11.8 Å². The first-order valence-corrected chi connectivity index (χ1v) is 9.46. The Hall–Kier alpha value is -3.13. The van der Waals surface area contributed by atoms with E-state index < -0.39 is 15.8 Å². The van der Waals surface area contributed by atoms with Crippen molar-refractivity contribution in [3.63, 3.8) is 0 Å². The minimum Gasteiger partial charge on any atom is -0.497 e. The smallest absolute Gasteiger partial charge is 0.366 e. The van der Waals surface area contributed by atoms with Crippen molar-refractivity contribution in [1.82, 2.24) is 0 Å². The van der Waals surface area contributed by atoms with Crippen LogP contribution in [0.4, 0.5) is 0 Å². The van der Waals surface area contributed by atoms with Gasteiger partial charge in [-0.3, -0.25) is 0 Å². The van der Waals surface area contributed by atoms with Crippen molar-refractivity contribution in [3.05, 3.63) is 59.0 Å². The minimum atomic E-state index is -3.52. The Morgan fingerprint density at radius 2 is 1.63 bits per heavy atom. The first kappa shape index (κ1) is 18.7. The van der Waals surface area contributed by atoms with E-state index in [1.807, 2.05) is 0 Å². The highest BCUT2D eigenvalue weighted by Gasteiger charge is 2.28. The highest BCUT2D eigenvalue weighted by atomic mass is 32.2. The fraction of sp³-hybridized carbons (Fsp3) is 0.158. The van der Waals surface area contributed by atoms with E-state index in [0.717, 1.165) is 5.41 Å². The number of nitrogens with zero attached hydrogens (tertiary/aromatic N) is 1. The van der Waals surface area contributed by atoms with Gasteiger partial charge in [0.25, 0.3) is 0 Å². The van der Waals surface area contributed by atoms with E-state index in [2.05, 4.69) is 5.16 Å². The molecular weight excluding hydrogens is 370 g/mol. The number of benzene rings is 2. The molecule has 0 saturated carbocycles. The fourth-order valence-corrected chi connectivity index (χ4v) is 4.12. The summed E-state index contributed by atoms with van der Waals surface area (Å²) in [6.07, 6.45) is 0. The van der Waals surface area contributed by atoms with Gasteiger partial charge in [0.05, 0.1) is 30.4 Å². The first-order valence-electron chi connectivity index (χ1n) is 7.91. The van der Waals surface area contributed by atoms with Gasteiger partial charge >= 0.3 is 5.97 Å². The predicted molar refractivity (Wildman–Crippen MR) is 99.7 cm³/mol. The van der Waals surface area contributed by atoms with Crippen LogP contribution in [0.5, 0.6) is 11.5 Å². The van der Waals surface area contributed by atoms with Crippen LogP contribution in [0, 0.1) is 0 Å². The maximum absolute atomic E-state index is 12.3. The predicted octanol–water partition coefficient (Wildman–Crippen LogP) is 3.06. The summed E-state index contributed by atoms with van der Waals surface area (Å²) in [5.41, 5.74) is 1.38. The molecule has 1 aliphatic heterocycles. The third-order valence-corrected chi connectivity index (χ3v) is 5.51. The summed E-state index contributed by atoms with van der Waals surface area (Å²) < 4.78 is 34.6.